The fraction of sp³-hybridized carbons (Fsp3) is 0.250. The van der Waals surface area contributed by atoms with Gasteiger partial charge >= 0.3 is 0 Å². The van der Waals surface area contributed by atoms with Crippen molar-refractivity contribution in [1.29, 1.82) is 0 Å². The van der Waals surface area contributed by atoms with Crippen molar-refractivity contribution in [2.75, 3.05) is 5.32 Å². The molecular formula is C20H18FN3O3. The fourth-order valence-electron chi connectivity index (χ4n) is 2.60. The highest BCUT2D eigenvalue weighted by Crippen LogP contribution is 2.39. The molecule has 1 saturated carbocycles. The van der Waals surface area contributed by atoms with E-state index in [2.05, 4.69) is 15.5 Å². The zero-order chi connectivity index (χ0) is 18.8. The lowest BCUT2D eigenvalue weighted by Gasteiger charge is -2.15. The second-order valence-corrected chi connectivity index (χ2v) is 6.51. The number of hydrogen-bond donors (Lipinski definition) is 1. The summed E-state index contributed by atoms with van der Waals surface area (Å²) in [7, 11) is 0. The van der Waals surface area contributed by atoms with E-state index < -0.39 is 6.10 Å². The van der Waals surface area contributed by atoms with Crippen LogP contribution in [0.2, 0.25) is 0 Å². The first kappa shape index (κ1) is 17.2. The molecule has 0 spiro atoms. The van der Waals surface area contributed by atoms with Crippen LogP contribution in [0.1, 0.15) is 31.6 Å². The molecule has 1 aliphatic carbocycles. The van der Waals surface area contributed by atoms with Gasteiger partial charge in [-0.1, -0.05) is 17.3 Å². The van der Waals surface area contributed by atoms with E-state index in [9.17, 15) is 9.18 Å². The second kappa shape index (κ2) is 7.19. The zero-order valence-electron chi connectivity index (χ0n) is 14.7. The van der Waals surface area contributed by atoms with Crippen molar-refractivity contribution >= 4 is 11.6 Å². The van der Waals surface area contributed by atoms with Gasteiger partial charge in [0.25, 0.3) is 5.91 Å². The number of hydrogen-bond acceptors (Lipinski definition) is 5. The molecule has 1 aliphatic rings. The summed E-state index contributed by atoms with van der Waals surface area (Å²) in [6.45, 7) is 1.63. The first-order valence-corrected chi connectivity index (χ1v) is 8.75. The maximum absolute atomic E-state index is 12.9. The van der Waals surface area contributed by atoms with Crippen LogP contribution in [0, 0.1) is 5.82 Å². The van der Waals surface area contributed by atoms with Crippen molar-refractivity contribution in [2.45, 2.75) is 31.8 Å². The normalized spacial score (nSPS) is 14.6. The number of aromatic nitrogens is 2. The van der Waals surface area contributed by atoms with E-state index >= 15 is 0 Å². The van der Waals surface area contributed by atoms with E-state index in [0.29, 0.717) is 29.1 Å². The first-order chi connectivity index (χ1) is 13.1. The minimum absolute atomic E-state index is 0.316. The van der Waals surface area contributed by atoms with E-state index in [0.717, 1.165) is 18.4 Å². The van der Waals surface area contributed by atoms with Crippen LogP contribution in [0.25, 0.3) is 11.4 Å². The third-order valence-electron chi connectivity index (χ3n) is 4.25. The minimum atomic E-state index is -0.745. The largest absolute Gasteiger partial charge is 0.481 e. The average molecular weight is 367 g/mol. The second-order valence-electron chi connectivity index (χ2n) is 6.51. The van der Waals surface area contributed by atoms with Crippen LogP contribution in [-0.2, 0) is 4.79 Å². The molecule has 2 aromatic carbocycles. The SMILES string of the molecule is CC(Oc1ccc(F)cc1)C(=O)Nc1cccc(-c2noc(C3CC3)n2)c1. The molecule has 7 heteroatoms. The first-order valence-electron chi connectivity index (χ1n) is 8.75. The molecule has 0 aliphatic heterocycles. The van der Waals surface area contributed by atoms with Gasteiger partial charge in [0.2, 0.25) is 11.7 Å². The van der Waals surface area contributed by atoms with Gasteiger partial charge in [0.05, 0.1) is 0 Å². The summed E-state index contributed by atoms with van der Waals surface area (Å²) >= 11 is 0. The van der Waals surface area contributed by atoms with Crippen LogP contribution in [0.4, 0.5) is 10.1 Å². The highest BCUT2D eigenvalue weighted by atomic mass is 19.1. The van der Waals surface area contributed by atoms with Crippen LogP contribution in [0.15, 0.2) is 53.1 Å². The molecule has 1 unspecified atom stereocenters. The Labute approximate surface area is 155 Å². The van der Waals surface area contributed by atoms with E-state index in [1.54, 1.807) is 19.1 Å². The van der Waals surface area contributed by atoms with Crippen molar-refractivity contribution in [3.8, 4) is 17.1 Å². The predicted octanol–water partition coefficient (Wildman–Crippen LogP) is 4.16. The maximum Gasteiger partial charge on any atom is 0.265 e. The lowest BCUT2D eigenvalue weighted by atomic mass is 10.2. The summed E-state index contributed by atoms with van der Waals surface area (Å²) in [5.41, 5.74) is 1.36. The van der Waals surface area contributed by atoms with Crippen LogP contribution in [-0.4, -0.2) is 22.2 Å². The fourth-order valence-corrected chi connectivity index (χ4v) is 2.60. The summed E-state index contributed by atoms with van der Waals surface area (Å²) < 4.78 is 23.8. The Bertz CT molecular complexity index is 951. The summed E-state index contributed by atoms with van der Waals surface area (Å²) in [6, 6.07) is 12.7. The van der Waals surface area contributed by atoms with Crippen LogP contribution in [0.3, 0.4) is 0 Å². The molecule has 0 saturated heterocycles. The van der Waals surface area contributed by atoms with Crippen LogP contribution < -0.4 is 10.1 Å². The Morgan fingerprint density at radius 1 is 1.26 bits per heavy atom. The number of rotatable bonds is 6. The molecule has 1 heterocycles. The predicted molar refractivity (Wildman–Crippen MR) is 96.8 cm³/mol. The van der Waals surface area contributed by atoms with E-state index in [1.165, 1.54) is 24.3 Å². The highest BCUT2D eigenvalue weighted by molar-refractivity contribution is 5.94. The van der Waals surface area contributed by atoms with Gasteiger partial charge in [-0.15, -0.1) is 0 Å². The standard InChI is InChI=1S/C20H18FN3O3/c1-12(26-17-9-7-15(21)8-10-17)19(25)22-16-4-2-3-14(11-16)18-23-20(27-24-18)13-5-6-13/h2-4,7-13H,5-6H2,1H3,(H,22,25). The molecule has 0 radical (unpaired) electrons. The van der Waals surface area contributed by atoms with Gasteiger partial charge in [-0.3, -0.25) is 4.79 Å². The Kier molecular flexibility index (Phi) is 4.58. The van der Waals surface area contributed by atoms with Crippen molar-refractivity contribution in [3.63, 3.8) is 0 Å². The molecule has 4 rings (SSSR count). The zero-order valence-corrected chi connectivity index (χ0v) is 14.7. The lowest BCUT2D eigenvalue weighted by molar-refractivity contribution is -0.122. The highest BCUT2D eigenvalue weighted by Gasteiger charge is 2.29. The number of carbonyl (C=O) groups is 1. The number of carbonyl (C=O) groups excluding carboxylic acids is 1. The summed E-state index contributed by atoms with van der Waals surface area (Å²) in [4.78, 5) is 16.8. The van der Waals surface area contributed by atoms with E-state index in [4.69, 9.17) is 9.26 Å². The van der Waals surface area contributed by atoms with Gasteiger partial charge in [0, 0.05) is 17.2 Å². The Balaban J connectivity index is 1.42. The van der Waals surface area contributed by atoms with E-state index in [1.807, 2.05) is 12.1 Å². The van der Waals surface area contributed by atoms with Crippen molar-refractivity contribution in [2.24, 2.45) is 0 Å². The molecule has 1 atom stereocenters. The number of anilines is 1. The Morgan fingerprint density at radius 2 is 2.04 bits per heavy atom. The maximum atomic E-state index is 12.9. The molecule has 6 nitrogen and oxygen atoms in total. The van der Waals surface area contributed by atoms with Gasteiger partial charge in [-0.05, 0) is 56.2 Å². The molecule has 1 amide bonds. The van der Waals surface area contributed by atoms with Crippen molar-refractivity contribution < 1.29 is 18.4 Å². The molecule has 138 valence electrons. The molecule has 27 heavy (non-hydrogen) atoms. The van der Waals surface area contributed by atoms with Gasteiger partial charge in [-0.2, -0.15) is 4.98 Å². The Morgan fingerprint density at radius 3 is 2.78 bits per heavy atom. The van der Waals surface area contributed by atoms with Crippen LogP contribution >= 0.6 is 0 Å². The Hall–Kier alpha value is -3.22. The lowest BCUT2D eigenvalue weighted by Crippen LogP contribution is -2.30. The van der Waals surface area contributed by atoms with E-state index in [-0.39, 0.29) is 11.7 Å². The third-order valence-corrected chi connectivity index (χ3v) is 4.25. The molecular weight excluding hydrogens is 349 g/mol. The van der Waals surface area contributed by atoms with Gasteiger partial charge in [0.1, 0.15) is 11.6 Å². The summed E-state index contributed by atoms with van der Waals surface area (Å²) in [6.07, 6.45) is 1.43. The number of nitrogens with one attached hydrogen (secondary N) is 1. The van der Waals surface area contributed by atoms with Gasteiger partial charge in [-0.25, -0.2) is 4.39 Å². The average Bonchev–Trinajstić information content (AvgIpc) is 3.40. The molecule has 1 fully saturated rings. The number of benzene rings is 2. The summed E-state index contributed by atoms with van der Waals surface area (Å²) in [5, 5.41) is 6.81. The monoisotopic (exact) mass is 367 g/mol. The molecule has 1 aromatic heterocycles. The molecule has 3 aromatic rings. The summed E-state index contributed by atoms with van der Waals surface area (Å²) in [5.74, 6) is 1.31. The molecule has 0 bridgehead atoms. The van der Waals surface area contributed by atoms with Crippen LogP contribution in [0.5, 0.6) is 5.75 Å². The number of ether oxygens (including phenoxy) is 1. The molecule has 1 N–H and O–H groups in total. The number of nitrogens with zero attached hydrogens (tertiary/aromatic N) is 2. The van der Waals surface area contributed by atoms with Gasteiger partial charge in [0.15, 0.2) is 6.10 Å². The minimum Gasteiger partial charge on any atom is -0.481 e. The van der Waals surface area contributed by atoms with Crippen molar-refractivity contribution in [3.05, 3.63) is 60.2 Å². The quantitative estimate of drug-likeness (QED) is 0.708. The van der Waals surface area contributed by atoms with Gasteiger partial charge < -0.3 is 14.6 Å². The number of halogens is 1. The smallest absolute Gasteiger partial charge is 0.265 e. The topological polar surface area (TPSA) is 77.2 Å². The third kappa shape index (κ3) is 4.13. The van der Waals surface area contributed by atoms with Crippen molar-refractivity contribution in [1.82, 2.24) is 10.1 Å². The number of amides is 1.